The third-order valence-electron chi connectivity index (χ3n) is 4.18. The number of hydrogen-bond donors (Lipinski definition) is 1. The fourth-order valence-electron chi connectivity index (χ4n) is 3.00. The van der Waals surface area contributed by atoms with Gasteiger partial charge in [0.25, 0.3) is 0 Å². The third-order valence-corrected chi connectivity index (χ3v) is 4.18. The summed E-state index contributed by atoms with van der Waals surface area (Å²) in [6, 6.07) is 6.08. The van der Waals surface area contributed by atoms with Gasteiger partial charge in [-0.25, -0.2) is 0 Å². The van der Waals surface area contributed by atoms with Gasteiger partial charge in [0.2, 0.25) is 0 Å². The van der Waals surface area contributed by atoms with Crippen LogP contribution in [0, 0.1) is 0 Å². The highest BCUT2D eigenvalue weighted by Crippen LogP contribution is 2.32. The zero-order valence-electron chi connectivity index (χ0n) is 12.0. The molecule has 0 saturated carbocycles. The lowest BCUT2D eigenvalue weighted by Gasteiger charge is -2.30. The van der Waals surface area contributed by atoms with Crippen LogP contribution in [0.3, 0.4) is 0 Å². The molecule has 4 nitrogen and oxygen atoms in total. The average Bonchev–Trinajstić information content (AvgIpc) is 2.46. The Morgan fingerprint density at radius 1 is 1.45 bits per heavy atom. The Morgan fingerprint density at radius 2 is 2.35 bits per heavy atom. The van der Waals surface area contributed by atoms with E-state index in [1.165, 1.54) is 5.56 Å². The Balaban J connectivity index is 1.61. The molecule has 0 spiro atoms. The van der Waals surface area contributed by atoms with E-state index in [-0.39, 0.29) is 12.2 Å². The van der Waals surface area contributed by atoms with Crippen LogP contribution in [0.15, 0.2) is 18.2 Å². The van der Waals surface area contributed by atoms with Gasteiger partial charge in [0.15, 0.2) is 0 Å². The number of aliphatic hydroxyl groups excluding tert-OH is 1. The highest BCUT2D eigenvalue weighted by atomic mass is 16.5. The Kier molecular flexibility index (Phi) is 4.24. The molecule has 3 rings (SSSR count). The molecule has 1 heterocycles. The molecule has 20 heavy (non-hydrogen) atoms. The van der Waals surface area contributed by atoms with E-state index in [1.807, 2.05) is 12.1 Å². The molecular formula is C16H23NO3. The van der Waals surface area contributed by atoms with Gasteiger partial charge in [-0.1, -0.05) is 6.07 Å². The monoisotopic (exact) mass is 277 g/mol. The van der Waals surface area contributed by atoms with E-state index < -0.39 is 0 Å². The number of benzene rings is 1. The van der Waals surface area contributed by atoms with Gasteiger partial charge in [0.1, 0.15) is 18.5 Å². The Hall–Kier alpha value is -1.10. The standard InChI is InChI=1S/C16H23NO3/c1-17-7-8-19-14(10-17)11-20-13-6-5-12-3-2-4-16(18)15(12)9-13/h5-6,9,14,16,18H,2-4,7-8,10-11H2,1H3/t14?,16-/m0/s1. The van der Waals surface area contributed by atoms with E-state index in [4.69, 9.17) is 9.47 Å². The Morgan fingerprint density at radius 3 is 3.20 bits per heavy atom. The van der Waals surface area contributed by atoms with E-state index in [1.54, 1.807) is 0 Å². The lowest BCUT2D eigenvalue weighted by atomic mass is 9.89. The molecule has 0 aromatic heterocycles. The molecule has 1 saturated heterocycles. The summed E-state index contributed by atoms with van der Waals surface area (Å²) in [5.41, 5.74) is 2.29. The van der Waals surface area contributed by atoms with Crippen molar-refractivity contribution in [1.82, 2.24) is 4.90 Å². The highest BCUT2D eigenvalue weighted by molar-refractivity contribution is 5.38. The second-order valence-electron chi connectivity index (χ2n) is 5.83. The van der Waals surface area contributed by atoms with Gasteiger partial charge >= 0.3 is 0 Å². The topological polar surface area (TPSA) is 41.9 Å². The minimum absolute atomic E-state index is 0.134. The first-order chi connectivity index (χ1) is 9.72. The van der Waals surface area contributed by atoms with E-state index >= 15 is 0 Å². The van der Waals surface area contributed by atoms with Crippen molar-refractivity contribution >= 4 is 0 Å². The summed E-state index contributed by atoms with van der Waals surface area (Å²) in [5, 5.41) is 10.1. The number of likely N-dealkylation sites (N-methyl/N-ethyl adjacent to an activating group) is 1. The summed E-state index contributed by atoms with van der Waals surface area (Å²) < 4.78 is 11.5. The van der Waals surface area contributed by atoms with Crippen molar-refractivity contribution in [2.24, 2.45) is 0 Å². The molecule has 1 unspecified atom stereocenters. The van der Waals surface area contributed by atoms with Crippen molar-refractivity contribution in [3.63, 3.8) is 0 Å². The summed E-state index contributed by atoms with van der Waals surface area (Å²) in [7, 11) is 2.10. The van der Waals surface area contributed by atoms with Crippen molar-refractivity contribution in [2.45, 2.75) is 31.5 Å². The van der Waals surface area contributed by atoms with Crippen LogP contribution in [-0.2, 0) is 11.2 Å². The first-order valence-corrected chi connectivity index (χ1v) is 7.46. The summed E-state index contributed by atoms with van der Waals surface area (Å²) in [6.45, 7) is 3.24. The molecule has 1 aliphatic carbocycles. The van der Waals surface area contributed by atoms with Gasteiger partial charge in [-0.2, -0.15) is 0 Å². The van der Waals surface area contributed by atoms with Crippen LogP contribution in [-0.4, -0.2) is 49.5 Å². The fourth-order valence-corrected chi connectivity index (χ4v) is 3.00. The molecule has 1 aliphatic heterocycles. The SMILES string of the molecule is CN1CCOC(COc2ccc3c(c2)[C@@H](O)CCC3)C1. The van der Waals surface area contributed by atoms with Crippen molar-refractivity contribution in [3.05, 3.63) is 29.3 Å². The normalized spacial score (nSPS) is 27.1. The quantitative estimate of drug-likeness (QED) is 0.914. The van der Waals surface area contributed by atoms with Crippen LogP contribution < -0.4 is 4.74 Å². The maximum absolute atomic E-state index is 10.1. The van der Waals surface area contributed by atoms with Crippen LogP contribution in [0.5, 0.6) is 5.75 Å². The van der Waals surface area contributed by atoms with E-state index in [0.717, 1.165) is 50.3 Å². The molecule has 1 aromatic rings. The minimum atomic E-state index is -0.334. The van der Waals surface area contributed by atoms with Crippen molar-refractivity contribution < 1.29 is 14.6 Å². The number of aryl methyl sites for hydroxylation is 1. The third kappa shape index (κ3) is 3.14. The van der Waals surface area contributed by atoms with Crippen molar-refractivity contribution in [2.75, 3.05) is 33.4 Å². The van der Waals surface area contributed by atoms with Crippen LogP contribution in [0.1, 0.15) is 30.1 Å². The molecule has 1 fully saturated rings. The van der Waals surface area contributed by atoms with E-state index in [9.17, 15) is 5.11 Å². The smallest absolute Gasteiger partial charge is 0.119 e. The van der Waals surface area contributed by atoms with Crippen LogP contribution >= 0.6 is 0 Å². The average molecular weight is 277 g/mol. The second-order valence-corrected chi connectivity index (χ2v) is 5.83. The predicted octanol–water partition coefficient (Wildman–Crippen LogP) is 1.77. The number of nitrogens with zero attached hydrogens (tertiary/aromatic N) is 1. The van der Waals surface area contributed by atoms with Crippen molar-refractivity contribution in [1.29, 1.82) is 0 Å². The zero-order chi connectivity index (χ0) is 13.9. The second kappa shape index (κ2) is 6.12. The molecule has 4 heteroatoms. The van der Waals surface area contributed by atoms with E-state index in [2.05, 4.69) is 18.0 Å². The number of morpholine rings is 1. The van der Waals surface area contributed by atoms with Crippen LogP contribution in [0.25, 0.3) is 0 Å². The summed E-state index contributed by atoms with van der Waals surface area (Å²) in [6.07, 6.45) is 2.78. The maximum atomic E-state index is 10.1. The van der Waals surface area contributed by atoms with Crippen LogP contribution in [0.2, 0.25) is 0 Å². The number of hydrogen-bond acceptors (Lipinski definition) is 4. The highest BCUT2D eigenvalue weighted by Gasteiger charge is 2.20. The molecule has 2 atom stereocenters. The molecule has 0 amide bonds. The lowest BCUT2D eigenvalue weighted by molar-refractivity contribution is -0.0403. The largest absolute Gasteiger partial charge is 0.491 e. The van der Waals surface area contributed by atoms with Gasteiger partial charge < -0.3 is 19.5 Å². The number of aliphatic hydroxyl groups is 1. The number of ether oxygens (including phenoxy) is 2. The molecule has 1 aromatic carbocycles. The number of fused-ring (bicyclic) bond motifs is 1. The van der Waals surface area contributed by atoms with Gasteiger partial charge in [0, 0.05) is 13.1 Å². The molecule has 0 radical (unpaired) electrons. The van der Waals surface area contributed by atoms with Crippen LogP contribution in [0.4, 0.5) is 0 Å². The molecule has 110 valence electrons. The Bertz CT molecular complexity index is 463. The Labute approximate surface area is 120 Å². The molecule has 1 N–H and O–H groups in total. The molecular weight excluding hydrogens is 254 g/mol. The summed E-state index contributed by atoms with van der Waals surface area (Å²) >= 11 is 0. The minimum Gasteiger partial charge on any atom is -0.491 e. The van der Waals surface area contributed by atoms with Gasteiger partial charge in [0.05, 0.1) is 12.7 Å². The molecule has 0 bridgehead atoms. The van der Waals surface area contributed by atoms with Gasteiger partial charge in [-0.15, -0.1) is 0 Å². The first-order valence-electron chi connectivity index (χ1n) is 7.46. The van der Waals surface area contributed by atoms with Gasteiger partial charge in [-0.3, -0.25) is 0 Å². The predicted molar refractivity (Wildman–Crippen MR) is 77.1 cm³/mol. The fraction of sp³-hybridized carbons (Fsp3) is 0.625. The summed E-state index contributed by atoms with van der Waals surface area (Å²) in [4.78, 5) is 2.26. The first kappa shape index (κ1) is 13.9. The zero-order valence-corrected chi connectivity index (χ0v) is 12.0. The van der Waals surface area contributed by atoms with E-state index in [0.29, 0.717) is 6.61 Å². The summed E-state index contributed by atoms with van der Waals surface area (Å²) in [5.74, 6) is 0.835. The van der Waals surface area contributed by atoms with Gasteiger partial charge in [-0.05, 0) is 49.6 Å². The van der Waals surface area contributed by atoms with Crippen molar-refractivity contribution in [3.8, 4) is 5.75 Å². The number of rotatable bonds is 3. The lowest BCUT2D eigenvalue weighted by Crippen LogP contribution is -2.42. The maximum Gasteiger partial charge on any atom is 0.119 e. The molecule has 2 aliphatic rings.